The van der Waals surface area contributed by atoms with Crippen LogP contribution in [0.2, 0.25) is 0 Å². The van der Waals surface area contributed by atoms with Crippen LogP contribution in [0.25, 0.3) is 11.5 Å². The van der Waals surface area contributed by atoms with Crippen molar-refractivity contribution >= 4 is 10.0 Å². The van der Waals surface area contributed by atoms with E-state index in [2.05, 4.69) is 22.1 Å². The second-order valence-electron chi connectivity index (χ2n) is 6.42. The third-order valence-electron chi connectivity index (χ3n) is 4.72. The number of aromatic amines is 1. The van der Waals surface area contributed by atoms with Gasteiger partial charge in [0.2, 0.25) is 10.0 Å². The lowest BCUT2D eigenvalue weighted by atomic mass is 10.0. The van der Waals surface area contributed by atoms with Crippen molar-refractivity contribution in [3.05, 3.63) is 24.1 Å². The molecule has 0 spiro atoms. The number of furan rings is 1. The molecule has 0 amide bonds. The molecule has 1 fully saturated rings. The minimum absolute atomic E-state index is 0.216. The topological polar surface area (TPSA) is 82.4 Å². The Morgan fingerprint density at radius 2 is 2.25 bits per heavy atom. The van der Waals surface area contributed by atoms with E-state index in [9.17, 15) is 8.42 Å². The minimum Gasteiger partial charge on any atom is -0.458 e. The standard InChI is InChI=1S/C16H24N4O3S/c1-12-16(10-15(23-12)14-7-8-17-18-14)24(21,22)20(3)11-13-6-4-5-9-19(13)2/h7-8,10,13H,4-6,9,11H2,1-3H3,(H,17,18)/t13-/m1/s1. The van der Waals surface area contributed by atoms with Gasteiger partial charge >= 0.3 is 0 Å². The molecule has 1 aliphatic heterocycles. The summed E-state index contributed by atoms with van der Waals surface area (Å²) >= 11 is 0. The molecule has 7 nitrogen and oxygen atoms in total. The second-order valence-corrected chi connectivity index (χ2v) is 8.43. The Hall–Kier alpha value is -1.64. The van der Waals surface area contributed by atoms with Crippen LogP contribution in [-0.2, 0) is 10.0 Å². The van der Waals surface area contributed by atoms with Crippen LogP contribution in [0, 0.1) is 6.92 Å². The third kappa shape index (κ3) is 3.26. The number of H-pyrrole nitrogens is 1. The quantitative estimate of drug-likeness (QED) is 0.891. The van der Waals surface area contributed by atoms with E-state index in [-0.39, 0.29) is 10.9 Å². The van der Waals surface area contributed by atoms with Gasteiger partial charge in [-0.3, -0.25) is 5.10 Å². The summed E-state index contributed by atoms with van der Waals surface area (Å²) in [4.78, 5) is 2.46. The number of aromatic nitrogens is 2. The zero-order chi connectivity index (χ0) is 17.3. The molecule has 0 saturated carbocycles. The van der Waals surface area contributed by atoms with Gasteiger partial charge in [-0.05, 0) is 39.4 Å². The van der Waals surface area contributed by atoms with Crippen LogP contribution in [0.5, 0.6) is 0 Å². The number of likely N-dealkylation sites (N-methyl/N-ethyl adjacent to an activating group) is 2. The van der Waals surface area contributed by atoms with Crippen LogP contribution in [0.3, 0.4) is 0 Å². The molecule has 1 aliphatic rings. The number of aryl methyl sites for hydroxylation is 1. The molecule has 0 aliphatic carbocycles. The Morgan fingerprint density at radius 3 is 2.92 bits per heavy atom. The smallest absolute Gasteiger partial charge is 0.246 e. The van der Waals surface area contributed by atoms with Crippen LogP contribution in [-0.4, -0.2) is 61.0 Å². The van der Waals surface area contributed by atoms with Crippen molar-refractivity contribution in [1.29, 1.82) is 0 Å². The third-order valence-corrected chi connectivity index (χ3v) is 6.65. The van der Waals surface area contributed by atoms with Crippen molar-refractivity contribution in [2.75, 3.05) is 27.2 Å². The highest BCUT2D eigenvalue weighted by Crippen LogP contribution is 2.29. The lowest BCUT2D eigenvalue weighted by molar-refractivity contribution is 0.166. The summed E-state index contributed by atoms with van der Waals surface area (Å²) in [7, 11) is 0.114. The van der Waals surface area contributed by atoms with Crippen LogP contribution < -0.4 is 0 Å². The molecule has 0 aromatic carbocycles. The van der Waals surface area contributed by atoms with E-state index < -0.39 is 10.0 Å². The number of hydrogen-bond acceptors (Lipinski definition) is 5. The molecule has 3 heterocycles. The molecule has 1 saturated heterocycles. The zero-order valence-corrected chi connectivity index (χ0v) is 15.1. The maximum Gasteiger partial charge on any atom is 0.246 e. The van der Waals surface area contributed by atoms with Crippen molar-refractivity contribution in [3.8, 4) is 11.5 Å². The predicted molar refractivity (Wildman–Crippen MR) is 91.1 cm³/mol. The molecule has 0 unspecified atom stereocenters. The number of hydrogen-bond donors (Lipinski definition) is 1. The van der Waals surface area contributed by atoms with E-state index in [0.717, 1.165) is 19.4 Å². The number of rotatable bonds is 5. The minimum atomic E-state index is -3.58. The van der Waals surface area contributed by atoms with E-state index in [1.807, 2.05) is 0 Å². The second kappa shape index (κ2) is 6.70. The number of nitrogens with zero attached hydrogens (tertiary/aromatic N) is 3. The van der Waals surface area contributed by atoms with E-state index in [1.165, 1.54) is 10.7 Å². The summed E-state index contributed by atoms with van der Waals surface area (Å²) in [5, 5.41) is 6.66. The Bertz CT molecular complexity index is 782. The Labute approximate surface area is 142 Å². The van der Waals surface area contributed by atoms with Crippen molar-refractivity contribution < 1.29 is 12.8 Å². The van der Waals surface area contributed by atoms with E-state index in [1.54, 1.807) is 32.3 Å². The first kappa shape index (κ1) is 17.2. The molecule has 2 aromatic heterocycles. The van der Waals surface area contributed by atoms with Crippen LogP contribution in [0.4, 0.5) is 0 Å². The molecule has 1 N–H and O–H groups in total. The molecule has 132 valence electrons. The van der Waals surface area contributed by atoms with Crippen molar-refractivity contribution in [2.24, 2.45) is 0 Å². The van der Waals surface area contributed by atoms with Gasteiger partial charge < -0.3 is 9.32 Å². The highest BCUT2D eigenvalue weighted by atomic mass is 32.2. The lowest BCUT2D eigenvalue weighted by Gasteiger charge is -2.34. The molecule has 1 atom stereocenters. The molecule has 0 bridgehead atoms. The van der Waals surface area contributed by atoms with E-state index >= 15 is 0 Å². The summed E-state index contributed by atoms with van der Waals surface area (Å²) in [6, 6.07) is 3.58. The Morgan fingerprint density at radius 1 is 1.46 bits per heavy atom. The summed E-state index contributed by atoms with van der Waals surface area (Å²) in [6.07, 6.45) is 4.96. The van der Waals surface area contributed by atoms with E-state index in [0.29, 0.717) is 23.8 Å². The van der Waals surface area contributed by atoms with Crippen LogP contribution in [0.1, 0.15) is 25.0 Å². The average Bonchev–Trinajstić information content (AvgIpc) is 3.18. The fourth-order valence-electron chi connectivity index (χ4n) is 3.18. The maximum atomic E-state index is 12.9. The van der Waals surface area contributed by atoms with Crippen LogP contribution >= 0.6 is 0 Å². The van der Waals surface area contributed by atoms with Crippen molar-refractivity contribution in [3.63, 3.8) is 0 Å². The number of nitrogens with one attached hydrogen (secondary N) is 1. The zero-order valence-electron chi connectivity index (χ0n) is 14.3. The predicted octanol–water partition coefficient (Wildman–Crippen LogP) is 2.08. The monoisotopic (exact) mass is 352 g/mol. The summed E-state index contributed by atoms with van der Waals surface area (Å²) in [5.74, 6) is 0.871. The number of sulfonamides is 1. The molecule has 8 heteroatoms. The van der Waals surface area contributed by atoms with E-state index in [4.69, 9.17) is 4.42 Å². The fourth-order valence-corrected chi connectivity index (χ4v) is 4.55. The Balaban J connectivity index is 1.82. The average molecular weight is 352 g/mol. The molecular formula is C16H24N4O3S. The SMILES string of the molecule is Cc1oc(-c2ccn[nH]2)cc1S(=O)(=O)N(C)C[C@H]1CCCCN1C. The maximum absolute atomic E-state index is 12.9. The summed E-state index contributed by atoms with van der Waals surface area (Å²) in [6.45, 7) is 3.18. The van der Waals surface area contributed by atoms with Crippen molar-refractivity contribution in [2.45, 2.75) is 37.1 Å². The van der Waals surface area contributed by atoms with Gasteiger partial charge in [0.25, 0.3) is 0 Å². The van der Waals surface area contributed by atoms with Crippen molar-refractivity contribution in [1.82, 2.24) is 19.4 Å². The summed E-state index contributed by atoms with van der Waals surface area (Å²) in [5.41, 5.74) is 0.661. The fraction of sp³-hybridized carbons (Fsp3) is 0.562. The van der Waals surface area contributed by atoms with Gasteiger partial charge in [-0.25, -0.2) is 8.42 Å². The van der Waals surface area contributed by atoms with Gasteiger partial charge in [0.05, 0.1) is 0 Å². The number of likely N-dealkylation sites (tertiary alicyclic amines) is 1. The normalized spacial score (nSPS) is 19.9. The molecular weight excluding hydrogens is 328 g/mol. The first-order valence-corrected chi connectivity index (χ1v) is 9.60. The molecule has 0 radical (unpaired) electrons. The molecule has 3 rings (SSSR count). The molecule has 2 aromatic rings. The van der Waals surface area contributed by atoms with Gasteiger partial charge in [-0.15, -0.1) is 0 Å². The summed E-state index contributed by atoms with van der Waals surface area (Å²) < 4.78 is 32.9. The molecule has 24 heavy (non-hydrogen) atoms. The first-order valence-electron chi connectivity index (χ1n) is 8.16. The van der Waals surface area contributed by atoms with Gasteiger partial charge in [0.1, 0.15) is 16.3 Å². The van der Waals surface area contributed by atoms with Gasteiger partial charge in [0.15, 0.2) is 5.76 Å². The highest BCUT2D eigenvalue weighted by Gasteiger charge is 2.30. The Kier molecular flexibility index (Phi) is 4.80. The van der Waals surface area contributed by atoms with Gasteiger partial charge in [0, 0.05) is 31.9 Å². The number of piperidine rings is 1. The lowest BCUT2D eigenvalue weighted by Crippen LogP contribution is -2.45. The largest absolute Gasteiger partial charge is 0.458 e. The van der Waals surface area contributed by atoms with Crippen LogP contribution in [0.15, 0.2) is 27.6 Å². The van der Waals surface area contributed by atoms with Gasteiger partial charge in [-0.2, -0.15) is 9.40 Å². The highest BCUT2D eigenvalue weighted by molar-refractivity contribution is 7.89. The van der Waals surface area contributed by atoms with Gasteiger partial charge in [-0.1, -0.05) is 6.42 Å². The first-order chi connectivity index (χ1) is 11.4.